The first-order chi connectivity index (χ1) is 13.0. The highest BCUT2D eigenvalue weighted by atomic mass is 16.5. The molecule has 27 heavy (non-hydrogen) atoms. The molecule has 7 nitrogen and oxygen atoms in total. The third kappa shape index (κ3) is 4.71. The van der Waals surface area contributed by atoms with Gasteiger partial charge in [0.1, 0.15) is 5.75 Å². The molecule has 0 saturated heterocycles. The Labute approximate surface area is 160 Å². The molecule has 0 bridgehead atoms. The number of ether oxygens (including phenoxy) is 1. The minimum absolute atomic E-state index is 0.0229. The van der Waals surface area contributed by atoms with Gasteiger partial charge in [-0.2, -0.15) is 0 Å². The van der Waals surface area contributed by atoms with Crippen LogP contribution in [0.2, 0.25) is 0 Å². The van der Waals surface area contributed by atoms with Gasteiger partial charge < -0.3 is 20.5 Å². The smallest absolute Gasteiger partial charge is 0.317 e. The Morgan fingerprint density at radius 1 is 1.30 bits per heavy atom. The number of carboxylic acid groups (broad SMARTS) is 1. The van der Waals surface area contributed by atoms with Gasteiger partial charge in [0.05, 0.1) is 19.7 Å². The van der Waals surface area contributed by atoms with Gasteiger partial charge in [0, 0.05) is 12.1 Å². The molecule has 7 heteroatoms. The maximum absolute atomic E-state index is 12.4. The lowest BCUT2D eigenvalue weighted by molar-refractivity contribution is -0.139. The fraction of sp³-hybridized carbons (Fsp3) is 0.600. The molecule has 2 amide bonds. The van der Waals surface area contributed by atoms with Crippen LogP contribution in [0.25, 0.3) is 0 Å². The van der Waals surface area contributed by atoms with Crippen LogP contribution in [0.4, 0.5) is 4.79 Å². The van der Waals surface area contributed by atoms with Crippen LogP contribution in [0.15, 0.2) is 18.2 Å². The Balaban J connectivity index is 1.49. The van der Waals surface area contributed by atoms with Gasteiger partial charge in [-0.3, -0.25) is 9.69 Å². The molecule has 148 valence electrons. The molecule has 1 atom stereocenters. The number of carbonyl (C=O) groups is 2. The van der Waals surface area contributed by atoms with Crippen molar-refractivity contribution in [2.75, 3.05) is 20.2 Å². The molecule has 3 rings (SSSR count). The zero-order chi connectivity index (χ0) is 19.4. The number of carbonyl (C=O) groups excluding carboxylic acids is 1. The van der Waals surface area contributed by atoms with E-state index in [1.807, 2.05) is 24.0 Å². The van der Waals surface area contributed by atoms with Crippen molar-refractivity contribution in [3.8, 4) is 5.75 Å². The first kappa shape index (κ1) is 19.5. The summed E-state index contributed by atoms with van der Waals surface area (Å²) in [6.07, 6.45) is 4.58. The summed E-state index contributed by atoms with van der Waals surface area (Å²) in [5.74, 6) is 0.0415. The minimum atomic E-state index is -0.807. The van der Waals surface area contributed by atoms with Gasteiger partial charge in [-0.25, -0.2) is 4.79 Å². The van der Waals surface area contributed by atoms with Crippen molar-refractivity contribution in [1.29, 1.82) is 0 Å². The summed E-state index contributed by atoms with van der Waals surface area (Å²) >= 11 is 0. The Kier molecular flexibility index (Phi) is 6.21. The quantitative estimate of drug-likeness (QED) is 0.680. The number of hydrogen-bond acceptors (Lipinski definition) is 4. The number of carboxylic acids is 1. The summed E-state index contributed by atoms with van der Waals surface area (Å²) in [5.41, 5.74) is 2.41. The Morgan fingerprint density at radius 3 is 2.74 bits per heavy atom. The number of methoxy groups -OCH3 is 1. The number of fused-ring (bicyclic) bond motifs is 1. The van der Waals surface area contributed by atoms with E-state index in [2.05, 4.69) is 16.7 Å². The van der Waals surface area contributed by atoms with Gasteiger partial charge in [-0.1, -0.05) is 13.0 Å². The predicted octanol–water partition coefficient (Wildman–Crippen LogP) is 2.31. The number of amides is 2. The fourth-order valence-electron chi connectivity index (χ4n) is 4.13. The maximum Gasteiger partial charge on any atom is 0.317 e. The fourth-order valence-corrected chi connectivity index (χ4v) is 4.13. The molecule has 1 saturated carbocycles. The summed E-state index contributed by atoms with van der Waals surface area (Å²) in [6.45, 7) is 2.73. The molecule has 1 fully saturated rings. The lowest BCUT2D eigenvalue weighted by Gasteiger charge is -2.42. The summed E-state index contributed by atoms with van der Waals surface area (Å²) < 4.78 is 5.29. The molecule has 0 heterocycles. The van der Waals surface area contributed by atoms with Crippen LogP contribution in [0, 0.1) is 0 Å². The number of aryl methyl sites for hydroxylation is 1. The van der Waals surface area contributed by atoms with Crippen molar-refractivity contribution in [3.63, 3.8) is 0 Å². The summed E-state index contributed by atoms with van der Waals surface area (Å²) in [7, 11) is 1.66. The van der Waals surface area contributed by atoms with Crippen molar-refractivity contribution >= 4 is 12.0 Å². The number of hydrogen-bond donors (Lipinski definition) is 3. The highest BCUT2D eigenvalue weighted by Crippen LogP contribution is 2.32. The number of rotatable bonds is 7. The van der Waals surface area contributed by atoms with Crippen LogP contribution in [0.1, 0.15) is 49.8 Å². The number of likely N-dealkylation sites (N-methyl/N-ethyl adjacent to an activating group) is 1. The van der Waals surface area contributed by atoms with Crippen molar-refractivity contribution in [2.24, 2.45) is 0 Å². The van der Waals surface area contributed by atoms with E-state index >= 15 is 0 Å². The van der Waals surface area contributed by atoms with Crippen LogP contribution < -0.4 is 15.4 Å². The van der Waals surface area contributed by atoms with Gasteiger partial charge in [0.2, 0.25) is 0 Å². The van der Waals surface area contributed by atoms with Crippen LogP contribution in [0.5, 0.6) is 5.75 Å². The lowest BCUT2D eigenvalue weighted by Crippen LogP contribution is -2.56. The monoisotopic (exact) mass is 375 g/mol. The summed E-state index contributed by atoms with van der Waals surface area (Å²) in [4.78, 5) is 25.3. The number of nitrogens with zero attached hydrogens (tertiary/aromatic N) is 1. The molecular formula is C20H29N3O4. The number of nitrogens with one attached hydrogen (secondary N) is 2. The van der Waals surface area contributed by atoms with E-state index in [0.29, 0.717) is 6.54 Å². The second kappa shape index (κ2) is 8.61. The van der Waals surface area contributed by atoms with Gasteiger partial charge in [-0.15, -0.1) is 0 Å². The molecule has 0 aromatic heterocycles. The largest absolute Gasteiger partial charge is 0.497 e. The van der Waals surface area contributed by atoms with Crippen molar-refractivity contribution in [1.82, 2.24) is 15.5 Å². The minimum Gasteiger partial charge on any atom is -0.497 e. The third-order valence-corrected chi connectivity index (χ3v) is 5.68. The molecular weight excluding hydrogens is 346 g/mol. The van der Waals surface area contributed by atoms with Crippen molar-refractivity contribution < 1.29 is 19.4 Å². The van der Waals surface area contributed by atoms with E-state index in [0.717, 1.165) is 37.9 Å². The number of aliphatic carboxylic acids is 1. The standard InChI is InChI=1S/C20H29N3O4/c1-3-23(12-19(24)25)15-10-14(11-15)21-20(26)22-18-6-4-5-13-9-16(27-2)7-8-17(13)18/h7-9,14-15,18H,3-6,10-12H2,1-2H3,(H,24,25)(H2,21,22,26). The maximum atomic E-state index is 12.4. The van der Waals surface area contributed by atoms with E-state index < -0.39 is 5.97 Å². The highest BCUT2D eigenvalue weighted by Gasteiger charge is 2.35. The second-order valence-electron chi connectivity index (χ2n) is 7.41. The van der Waals surface area contributed by atoms with Gasteiger partial charge in [0.15, 0.2) is 0 Å². The van der Waals surface area contributed by atoms with Crippen LogP contribution >= 0.6 is 0 Å². The van der Waals surface area contributed by atoms with Gasteiger partial charge >= 0.3 is 12.0 Å². The first-order valence-electron chi connectivity index (χ1n) is 9.69. The van der Waals surface area contributed by atoms with E-state index in [1.54, 1.807) is 7.11 Å². The highest BCUT2D eigenvalue weighted by molar-refractivity contribution is 5.75. The molecule has 1 unspecified atom stereocenters. The van der Waals surface area contributed by atoms with Crippen LogP contribution in [-0.4, -0.2) is 54.3 Å². The van der Waals surface area contributed by atoms with Crippen molar-refractivity contribution in [3.05, 3.63) is 29.3 Å². The predicted molar refractivity (Wildman–Crippen MR) is 102 cm³/mol. The summed E-state index contributed by atoms with van der Waals surface area (Å²) in [6, 6.07) is 6.26. The normalized spacial score (nSPS) is 23.9. The zero-order valence-electron chi connectivity index (χ0n) is 16.0. The van der Waals surface area contributed by atoms with E-state index in [-0.39, 0.29) is 30.7 Å². The molecule has 1 aromatic rings. The molecule has 2 aliphatic carbocycles. The SMILES string of the molecule is CCN(CC(=O)O)C1CC(NC(=O)NC2CCCc3cc(OC)ccc32)C1. The lowest BCUT2D eigenvalue weighted by atomic mass is 9.85. The molecule has 2 aliphatic rings. The van der Waals surface area contributed by atoms with Crippen LogP contribution in [0.3, 0.4) is 0 Å². The van der Waals surface area contributed by atoms with Gasteiger partial charge in [-0.05, 0) is 61.9 Å². The van der Waals surface area contributed by atoms with E-state index in [9.17, 15) is 9.59 Å². The van der Waals surface area contributed by atoms with Crippen LogP contribution in [-0.2, 0) is 11.2 Å². The average Bonchev–Trinajstić information content (AvgIpc) is 2.62. The molecule has 1 aromatic carbocycles. The second-order valence-corrected chi connectivity index (χ2v) is 7.41. The van der Waals surface area contributed by atoms with Gasteiger partial charge in [0.25, 0.3) is 0 Å². The Bertz CT molecular complexity index is 688. The topological polar surface area (TPSA) is 90.9 Å². The molecule has 0 aliphatic heterocycles. The molecule has 3 N–H and O–H groups in total. The zero-order valence-corrected chi connectivity index (χ0v) is 16.0. The first-order valence-corrected chi connectivity index (χ1v) is 9.69. The Hall–Kier alpha value is -2.28. The average molecular weight is 375 g/mol. The van der Waals surface area contributed by atoms with E-state index in [4.69, 9.17) is 9.84 Å². The number of benzene rings is 1. The number of urea groups is 1. The Morgan fingerprint density at radius 2 is 2.07 bits per heavy atom. The third-order valence-electron chi connectivity index (χ3n) is 5.68. The summed E-state index contributed by atoms with van der Waals surface area (Å²) in [5, 5.41) is 15.1. The van der Waals surface area contributed by atoms with E-state index in [1.165, 1.54) is 11.1 Å². The van der Waals surface area contributed by atoms with Crippen molar-refractivity contribution in [2.45, 2.75) is 57.2 Å². The molecule has 0 spiro atoms. The molecule has 0 radical (unpaired) electrons.